The summed E-state index contributed by atoms with van der Waals surface area (Å²) in [5.41, 5.74) is 4.35. The standard InChI is InChI=1S/C27H30N4O3S3/c1-2-17-37(32,33)31-15-9-19(10-16-31)20-7-8-23-25(18-20)36-27(29-23)34-21-11-13-30(14-12-21)26-28-22-5-3-4-6-24(22)35-26/h3-9,18,21H,2,10-17H2,1H3. The number of ether oxygens (including phenoxy) is 1. The summed E-state index contributed by atoms with van der Waals surface area (Å²) in [5.74, 6) is 0.215. The summed E-state index contributed by atoms with van der Waals surface area (Å²) in [6.07, 6.45) is 5.47. The first kappa shape index (κ1) is 24.8. The van der Waals surface area contributed by atoms with Crippen LogP contribution in [0.4, 0.5) is 5.13 Å². The number of thiazole rings is 2. The summed E-state index contributed by atoms with van der Waals surface area (Å²) in [7, 11) is -3.15. The van der Waals surface area contributed by atoms with E-state index < -0.39 is 10.0 Å². The molecule has 0 saturated carbocycles. The molecule has 2 aromatic heterocycles. The van der Waals surface area contributed by atoms with E-state index in [-0.39, 0.29) is 11.9 Å². The molecular weight excluding hydrogens is 525 g/mol. The molecule has 10 heteroatoms. The highest BCUT2D eigenvalue weighted by atomic mass is 32.2. The molecule has 0 unspecified atom stereocenters. The van der Waals surface area contributed by atoms with Crippen LogP contribution in [0.3, 0.4) is 0 Å². The van der Waals surface area contributed by atoms with Crippen molar-refractivity contribution in [1.29, 1.82) is 0 Å². The van der Waals surface area contributed by atoms with Gasteiger partial charge in [-0.3, -0.25) is 0 Å². The molecule has 1 saturated heterocycles. The van der Waals surface area contributed by atoms with E-state index in [1.54, 1.807) is 27.0 Å². The zero-order valence-electron chi connectivity index (χ0n) is 20.8. The number of sulfonamides is 1. The first-order valence-electron chi connectivity index (χ1n) is 12.8. The number of hydrogen-bond acceptors (Lipinski definition) is 8. The van der Waals surface area contributed by atoms with Gasteiger partial charge in [0, 0.05) is 39.0 Å². The molecule has 0 bridgehead atoms. The van der Waals surface area contributed by atoms with Crippen LogP contribution in [0.2, 0.25) is 0 Å². The molecule has 2 aliphatic heterocycles. The van der Waals surface area contributed by atoms with E-state index in [9.17, 15) is 8.42 Å². The molecule has 2 aromatic carbocycles. The average molecular weight is 555 g/mol. The van der Waals surface area contributed by atoms with Crippen LogP contribution in [-0.2, 0) is 10.0 Å². The van der Waals surface area contributed by atoms with Gasteiger partial charge in [0.1, 0.15) is 6.10 Å². The monoisotopic (exact) mass is 554 g/mol. The summed E-state index contributed by atoms with van der Waals surface area (Å²) >= 11 is 3.34. The SMILES string of the molecule is CCCS(=O)(=O)N1CC=C(c2ccc3nc(OC4CCN(c5nc6ccccc6s5)CC4)sc3c2)CC1. The molecule has 2 aliphatic rings. The second-order valence-electron chi connectivity index (χ2n) is 9.58. The van der Waals surface area contributed by atoms with Crippen LogP contribution in [0.5, 0.6) is 5.19 Å². The normalized spacial score (nSPS) is 18.0. The minimum absolute atomic E-state index is 0.155. The van der Waals surface area contributed by atoms with Crippen molar-refractivity contribution >= 4 is 63.8 Å². The Kier molecular flexibility index (Phi) is 6.91. The van der Waals surface area contributed by atoms with Crippen molar-refractivity contribution in [3.05, 3.63) is 54.1 Å². The summed E-state index contributed by atoms with van der Waals surface area (Å²) < 4.78 is 35.0. The zero-order chi connectivity index (χ0) is 25.4. The quantitative estimate of drug-likeness (QED) is 0.288. The van der Waals surface area contributed by atoms with E-state index in [4.69, 9.17) is 14.7 Å². The topological polar surface area (TPSA) is 75.6 Å². The number of nitrogens with zero attached hydrogens (tertiary/aromatic N) is 4. The number of piperidine rings is 1. The Labute approximate surface area is 225 Å². The maximum Gasteiger partial charge on any atom is 0.274 e. The Morgan fingerprint density at radius 3 is 2.57 bits per heavy atom. The third kappa shape index (κ3) is 5.25. The van der Waals surface area contributed by atoms with Gasteiger partial charge in [-0.1, -0.05) is 53.9 Å². The van der Waals surface area contributed by atoms with Crippen LogP contribution in [0.1, 0.15) is 38.2 Å². The molecule has 0 spiro atoms. The Balaban J connectivity index is 1.09. The lowest BCUT2D eigenvalue weighted by Gasteiger charge is -2.31. The number of aromatic nitrogens is 2. The maximum atomic E-state index is 12.4. The minimum Gasteiger partial charge on any atom is -0.467 e. The molecule has 1 fully saturated rings. The summed E-state index contributed by atoms with van der Waals surface area (Å²) in [5, 5.41) is 1.82. The number of hydrogen-bond donors (Lipinski definition) is 0. The van der Waals surface area contributed by atoms with Gasteiger partial charge in [0.25, 0.3) is 5.19 Å². The predicted octanol–water partition coefficient (Wildman–Crippen LogP) is 5.78. The minimum atomic E-state index is -3.15. The maximum absolute atomic E-state index is 12.4. The van der Waals surface area contributed by atoms with E-state index in [0.717, 1.165) is 64.0 Å². The predicted molar refractivity (Wildman–Crippen MR) is 153 cm³/mol. The molecular formula is C27H30N4O3S3. The molecule has 6 rings (SSSR count). The molecule has 4 aromatic rings. The van der Waals surface area contributed by atoms with Gasteiger partial charge >= 0.3 is 0 Å². The summed E-state index contributed by atoms with van der Waals surface area (Å²) in [6, 6.07) is 14.6. The van der Waals surface area contributed by atoms with E-state index in [0.29, 0.717) is 19.5 Å². The number of fused-ring (bicyclic) bond motifs is 2. The van der Waals surface area contributed by atoms with Gasteiger partial charge in [-0.25, -0.2) is 18.4 Å². The average Bonchev–Trinajstić information content (AvgIpc) is 3.52. The highest BCUT2D eigenvalue weighted by Gasteiger charge is 2.25. The van der Waals surface area contributed by atoms with E-state index in [2.05, 4.69) is 41.3 Å². The first-order valence-corrected chi connectivity index (χ1v) is 16.1. The number of benzene rings is 2. The fraction of sp³-hybridized carbons (Fsp3) is 0.407. The van der Waals surface area contributed by atoms with Crippen molar-refractivity contribution in [1.82, 2.24) is 14.3 Å². The Bertz CT molecular complexity index is 1520. The van der Waals surface area contributed by atoms with Crippen LogP contribution >= 0.6 is 22.7 Å². The highest BCUT2D eigenvalue weighted by Crippen LogP contribution is 2.35. The summed E-state index contributed by atoms with van der Waals surface area (Å²) in [4.78, 5) is 11.9. The molecule has 194 valence electrons. The van der Waals surface area contributed by atoms with Crippen LogP contribution in [0.25, 0.3) is 26.0 Å². The van der Waals surface area contributed by atoms with Crippen molar-refractivity contribution in [3.63, 3.8) is 0 Å². The van der Waals surface area contributed by atoms with Crippen molar-refractivity contribution in [2.24, 2.45) is 0 Å². The molecule has 0 atom stereocenters. The molecule has 0 N–H and O–H groups in total. The first-order chi connectivity index (χ1) is 18.0. The molecule has 0 radical (unpaired) electrons. The summed E-state index contributed by atoms with van der Waals surface area (Å²) in [6.45, 7) is 4.75. The molecule has 7 nitrogen and oxygen atoms in total. The largest absolute Gasteiger partial charge is 0.467 e. The lowest BCUT2D eigenvalue weighted by atomic mass is 10.0. The van der Waals surface area contributed by atoms with E-state index in [1.165, 1.54) is 10.3 Å². The van der Waals surface area contributed by atoms with Crippen LogP contribution in [0.15, 0.2) is 48.5 Å². The van der Waals surface area contributed by atoms with Gasteiger partial charge in [0.05, 0.1) is 26.2 Å². The van der Waals surface area contributed by atoms with Crippen LogP contribution in [0, 0.1) is 0 Å². The second kappa shape index (κ2) is 10.3. The Hall–Kier alpha value is -2.53. The zero-order valence-corrected chi connectivity index (χ0v) is 23.2. The number of para-hydroxylation sites is 1. The highest BCUT2D eigenvalue weighted by molar-refractivity contribution is 7.89. The van der Waals surface area contributed by atoms with Gasteiger partial charge in [-0.15, -0.1) is 0 Å². The smallest absolute Gasteiger partial charge is 0.274 e. The molecule has 0 aliphatic carbocycles. The lowest BCUT2D eigenvalue weighted by molar-refractivity contribution is 0.170. The third-order valence-corrected chi connectivity index (χ3v) is 11.1. The number of anilines is 1. The van der Waals surface area contributed by atoms with E-state index in [1.807, 2.05) is 19.1 Å². The molecule has 0 amide bonds. The second-order valence-corrected chi connectivity index (χ2v) is 13.7. The third-order valence-electron chi connectivity index (χ3n) is 7.03. The molecule has 37 heavy (non-hydrogen) atoms. The van der Waals surface area contributed by atoms with Gasteiger partial charge in [-0.2, -0.15) is 4.31 Å². The van der Waals surface area contributed by atoms with Crippen molar-refractivity contribution in [2.45, 2.75) is 38.7 Å². The van der Waals surface area contributed by atoms with Gasteiger partial charge in [-0.05, 0) is 48.2 Å². The lowest BCUT2D eigenvalue weighted by Crippen LogP contribution is -2.38. The number of rotatable bonds is 7. The fourth-order valence-electron chi connectivity index (χ4n) is 5.01. The van der Waals surface area contributed by atoms with Crippen molar-refractivity contribution in [3.8, 4) is 5.19 Å². The van der Waals surface area contributed by atoms with Crippen molar-refractivity contribution < 1.29 is 13.2 Å². The van der Waals surface area contributed by atoms with Gasteiger partial charge < -0.3 is 9.64 Å². The Morgan fingerprint density at radius 1 is 1.00 bits per heavy atom. The van der Waals surface area contributed by atoms with E-state index >= 15 is 0 Å². The van der Waals surface area contributed by atoms with Gasteiger partial charge in [0.2, 0.25) is 10.0 Å². The van der Waals surface area contributed by atoms with Gasteiger partial charge in [0.15, 0.2) is 5.13 Å². The van der Waals surface area contributed by atoms with Crippen molar-refractivity contribution in [2.75, 3.05) is 36.8 Å². The Morgan fingerprint density at radius 2 is 1.81 bits per heavy atom. The van der Waals surface area contributed by atoms with Crippen LogP contribution in [-0.4, -0.2) is 60.7 Å². The van der Waals surface area contributed by atoms with Crippen LogP contribution < -0.4 is 9.64 Å². The fourth-order valence-corrected chi connectivity index (χ4v) is 8.39. The molecule has 4 heterocycles.